The first-order valence-electron chi connectivity index (χ1n) is 4.63. The second-order valence-electron chi connectivity index (χ2n) is 3.20. The van der Waals surface area contributed by atoms with Crippen molar-refractivity contribution >= 4 is 0 Å². The number of hydrogen-bond acceptors (Lipinski definition) is 3. The Hall–Kier alpha value is -2.15. The molecule has 4 nitrogen and oxygen atoms in total. The summed E-state index contributed by atoms with van der Waals surface area (Å²) in [5, 5.41) is 16.6. The van der Waals surface area contributed by atoms with Gasteiger partial charge in [-0.15, -0.1) is 10.2 Å². The lowest BCUT2D eigenvalue weighted by Crippen LogP contribution is -1.98. The van der Waals surface area contributed by atoms with Crippen LogP contribution in [0.3, 0.4) is 0 Å². The molecule has 0 spiro atoms. The van der Waals surface area contributed by atoms with Gasteiger partial charge < -0.3 is 4.57 Å². The summed E-state index contributed by atoms with van der Waals surface area (Å²) in [5.74, 6) is 1.48. The molecule has 74 valence electrons. The molecule has 0 amide bonds. The van der Waals surface area contributed by atoms with E-state index in [0.29, 0.717) is 5.82 Å². The second-order valence-corrected chi connectivity index (χ2v) is 3.20. The number of nitriles is 1. The molecule has 0 saturated carbocycles. The third-order valence-electron chi connectivity index (χ3n) is 2.23. The molecule has 1 aromatic carbocycles. The average Bonchev–Trinajstić information content (AvgIpc) is 2.63. The van der Waals surface area contributed by atoms with Crippen LogP contribution < -0.4 is 0 Å². The number of aromatic nitrogens is 3. The molecule has 0 fully saturated rings. The Kier molecular flexibility index (Phi) is 2.46. The summed E-state index contributed by atoms with van der Waals surface area (Å²) < 4.78 is 1.85. The van der Waals surface area contributed by atoms with Crippen molar-refractivity contribution in [3.8, 4) is 17.5 Å². The molecule has 0 unspecified atom stereocenters. The lowest BCUT2D eigenvalue weighted by atomic mass is 10.2. The normalized spacial score (nSPS) is 9.87. The highest BCUT2D eigenvalue weighted by Gasteiger charge is 2.09. The third-order valence-corrected chi connectivity index (χ3v) is 2.23. The number of benzene rings is 1. The monoisotopic (exact) mass is 198 g/mol. The molecular weight excluding hydrogens is 188 g/mol. The largest absolute Gasteiger partial charge is 0.313 e. The minimum absolute atomic E-state index is 0.288. The minimum Gasteiger partial charge on any atom is -0.313 e. The maximum atomic E-state index is 8.59. The summed E-state index contributed by atoms with van der Waals surface area (Å²) in [7, 11) is 1.87. The fourth-order valence-corrected chi connectivity index (χ4v) is 1.42. The lowest BCUT2D eigenvalue weighted by Gasteiger charge is -2.00. The van der Waals surface area contributed by atoms with Crippen molar-refractivity contribution in [2.75, 3.05) is 0 Å². The van der Waals surface area contributed by atoms with Gasteiger partial charge in [-0.05, 0) is 0 Å². The molecule has 0 aliphatic heterocycles. The topological polar surface area (TPSA) is 54.5 Å². The van der Waals surface area contributed by atoms with Gasteiger partial charge in [0.05, 0.1) is 12.5 Å². The first-order chi connectivity index (χ1) is 7.33. The van der Waals surface area contributed by atoms with Crippen LogP contribution in [0.1, 0.15) is 5.82 Å². The van der Waals surface area contributed by atoms with Crippen molar-refractivity contribution in [2.45, 2.75) is 6.42 Å². The molecule has 0 aliphatic rings. The molecule has 0 aliphatic carbocycles. The third kappa shape index (κ3) is 1.72. The summed E-state index contributed by atoms with van der Waals surface area (Å²) in [4.78, 5) is 0. The SMILES string of the molecule is Cn1c(CC#N)nnc1-c1ccccc1. The van der Waals surface area contributed by atoms with Crippen LogP contribution in [-0.4, -0.2) is 14.8 Å². The van der Waals surface area contributed by atoms with Crippen LogP contribution in [0.15, 0.2) is 30.3 Å². The van der Waals surface area contributed by atoms with Crippen LogP contribution in [0.2, 0.25) is 0 Å². The first-order valence-corrected chi connectivity index (χ1v) is 4.63. The predicted octanol–water partition coefficient (Wildman–Crippen LogP) is 1.55. The highest BCUT2D eigenvalue weighted by atomic mass is 15.3. The van der Waals surface area contributed by atoms with Crippen LogP contribution in [0.5, 0.6) is 0 Å². The van der Waals surface area contributed by atoms with E-state index in [1.54, 1.807) is 0 Å². The fraction of sp³-hybridized carbons (Fsp3) is 0.182. The average molecular weight is 198 g/mol. The van der Waals surface area contributed by atoms with E-state index >= 15 is 0 Å². The van der Waals surface area contributed by atoms with Crippen molar-refractivity contribution in [2.24, 2.45) is 7.05 Å². The Morgan fingerprint density at radius 1 is 1.27 bits per heavy atom. The van der Waals surface area contributed by atoms with Gasteiger partial charge in [0, 0.05) is 12.6 Å². The van der Waals surface area contributed by atoms with E-state index in [2.05, 4.69) is 16.3 Å². The highest BCUT2D eigenvalue weighted by Crippen LogP contribution is 2.16. The van der Waals surface area contributed by atoms with Crippen molar-refractivity contribution in [1.82, 2.24) is 14.8 Å². The Balaban J connectivity index is 2.43. The molecule has 0 N–H and O–H groups in total. The van der Waals surface area contributed by atoms with E-state index in [1.807, 2.05) is 41.9 Å². The minimum atomic E-state index is 0.288. The first kappa shape index (κ1) is 9.41. The fourth-order valence-electron chi connectivity index (χ4n) is 1.42. The predicted molar refractivity (Wildman–Crippen MR) is 55.8 cm³/mol. The smallest absolute Gasteiger partial charge is 0.163 e. The molecular formula is C11H10N4. The van der Waals surface area contributed by atoms with Crippen LogP contribution >= 0.6 is 0 Å². The van der Waals surface area contributed by atoms with Gasteiger partial charge in [0.15, 0.2) is 5.82 Å². The summed E-state index contributed by atoms with van der Waals surface area (Å²) in [6.45, 7) is 0. The van der Waals surface area contributed by atoms with Gasteiger partial charge in [-0.25, -0.2) is 0 Å². The molecule has 0 bridgehead atoms. The standard InChI is InChI=1S/C11H10N4/c1-15-10(7-8-12)13-14-11(15)9-5-3-2-4-6-9/h2-6H,7H2,1H3. The second kappa shape index (κ2) is 3.93. The van der Waals surface area contributed by atoms with Crippen molar-refractivity contribution in [3.63, 3.8) is 0 Å². The Labute approximate surface area is 87.8 Å². The molecule has 0 saturated heterocycles. The van der Waals surface area contributed by atoms with Crippen LogP contribution in [-0.2, 0) is 13.5 Å². The van der Waals surface area contributed by atoms with Crippen LogP contribution in [0.25, 0.3) is 11.4 Å². The van der Waals surface area contributed by atoms with Crippen LogP contribution in [0.4, 0.5) is 0 Å². The van der Waals surface area contributed by atoms with E-state index in [0.717, 1.165) is 11.4 Å². The van der Waals surface area contributed by atoms with E-state index in [-0.39, 0.29) is 6.42 Å². The van der Waals surface area contributed by atoms with Gasteiger partial charge >= 0.3 is 0 Å². The van der Waals surface area contributed by atoms with Crippen LogP contribution in [0, 0.1) is 11.3 Å². The van der Waals surface area contributed by atoms with Gasteiger partial charge in [0.1, 0.15) is 5.82 Å². The van der Waals surface area contributed by atoms with Gasteiger partial charge in [-0.1, -0.05) is 30.3 Å². The van der Waals surface area contributed by atoms with E-state index in [4.69, 9.17) is 5.26 Å². The zero-order valence-electron chi connectivity index (χ0n) is 8.38. The summed E-state index contributed by atoms with van der Waals surface area (Å²) in [5.41, 5.74) is 1.01. The highest BCUT2D eigenvalue weighted by molar-refractivity contribution is 5.54. The quantitative estimate of drug-likeness (QED) is 0.735. The van der Waals surface area contributed by atoms with E-state index in [9.17, 15) is 0 Å². The van der Waals surface area contributed by atoms with Crippen molar-refractivity contribution in [3.05, 3.63) is 36.2 Å². The number of hydrogen-bond donors (Lipinski definition) is 0. The maximum Gasteiger partial charge on any atom is 0.163 e. The summed E-state index contributed by atoms with van der Waals surface area (Å²) in [6, 6.07) is 11.9. The Bertz CT molecular complexity index is 493. The number of nitrogens with zero attached hydrogens (tertiary/aromatic N) is 4. The van der Waals surface area contributed by atoms with Gasteiger partial charge in [0.25, 0.3) is 0 Å². The zero-order valence-corrected chi connectivity index (χ0v) is 8.38. The lowest BCUT2D eigenvalue weighted by molar-refractivity contribution is 0.838. The van der Waals surface area contributed by atoms with Gasteiger partial charge in [-0.2, -0.15) is 5.26 Å². The Morgan fingerprint density at radius 2 is 2.00 bits per heavy atom. The summed E-state index contributed by atoms with van der Waals surface area (Å²) in [6.07, 6.45) is 0.288. The molecule has 0 radical (unpaired) electrons. The van der Waals surface area contributed by atoms with Crippen molar-refractivity contribution < 1.29 is 0 Å². The Morgan fingerprint density at radius 3 is 2.67 bits per heavy atom. The van der Waals surface area contributed by atoms with Gasteiger partial charge in [-0.3, -0.25) is 0 Å². The molecule has 2 rings (SSSR count). The van der Waals surface area contributed by atoms with E-state index in [1.165, 1.54) is 0 Å². The molecule has 1 heterocycles. The van der Waals surface area contributed by atoms with Crippen molar-refractivity contribution in [1.29, 1.82) is 5.26 Å². The molecule has 0 atom stereocenters. The summed E-state index contributed by atoms with van der Waals surface area (Å²) >= 11 is 0. The molecule has 2 aromatic rings. The maximum absolute atomic E-state index is 8.59. The number of rotatable bonds is 2. The zero-order chi connectivity index (χ0) is 10.7. The molecule has 15 heavy (non-hydrogen) atoms. The molecule has 4 heteroatoms. The van der Waals surface area contributed by atoms with E-state index < -0.39 is 0 Å². The van der Waals surface area contributed by atoms with Gasteiger partial charge in [0.2, 0.25) is 0 Å². The molecule has 1 aromatic heterocycles.